The van der Waals surface area contributed by atoms with Gasteiger partial charge in [-0.1, -0.05) is 42.8 Å². The van der Waals surface area contributed by atoms with Crippen molar-refractivity contribution in [3.8, 4) is 0 Å². The van der Waals surface area contributed by atoms with E-state index in [1.54, 1.807) is 4.57 Å². The van der Waals surface area contributed by atoms with Crippen molar-refractivity contribution in [3.05, 3.63) is 70.2 Å². The van der Waals surface area contributed by atoms with Crippen LogP contribution in [0.2, 0.25) is 0 Å². The predicted octanol–water partition coefficient (Wildman–Crippen LogP) is 4.92. The van der Waals surface area contributed by atoms with Crippen molar-refractivity contribution < 1.29 is 9.15 Å². The van der Waals surface area contributed by atoms with Gasteiger partial charge < -0.3 is 14.1 Å². The second kappa shape index (κ2) is 8.64. The molecular weight excluding hydrogens is 388 g/mol. The van der Waals surface area contributed by atoms with Gasteiger partial charge in [0.05, 0.1) is 17.7 Å². The highest BCUT2D eigenvalue weighted by Crippen LogP contribution is 2.44. The van der Waals surface area contributed by atoms with Gasteiger partial charge in [0.2, 0.25) is 0 Å². The fraction of sp³-hybridized carbons (Fsp3) is 0.500. The summed E-state index contributed by atoms with van der Waals surface area (Å²) in [6, 6.07) is 16.4. The lowest BCUT2D eigenvalue weighted by molar-refractivity contribution is -0.0762. The second-order valence-electron chi connectivity index (χ2n) is 9.24. The molecule has 0 amide bonds. The highest BCUT2D eigenvalue weighted by Gasteiger charge is 2.43. The van der Waals surface area contributed by atoms with E-state index < -0.39 is 0 Å². The van der Waals surface area contributed by atoms with Crippen LogP contribution in [0.5, 0.6) is 0 Å². The molecule has 5 heteroatoms. The van der Waals surface area contributed by atoms with Gasteiger partial charge in [-0.3, -0.25) is 4.57 Å². The first-order valence-corrected chi connectivity index (χ1v) is 11.7. The van der Waals surface area contributed by atoms with Crippen molar-refractivity contribution in [2.75, 3.05) is 19.6 Å². The Morgan fingerprint density at radius 1 is 1.03 bits per heavy atom. The summed E-state index contributed by atoms with van der Waals surface area (Å²) in [6.07, 6.45) is 5.78. The fourth-order valence-electron chi connectivity index (χ4n) is 5.48. The molecule has 1 unspecified atom stereocenters. The number of benzene rings is 2. The average Bonchev–Trinajstić information content (AvgIpc) is 3.18. The topological polar surface area (TPSA) is 47.6 Å². The molecule has 0 bridgehead atoms. The molecule has 1 fully saturated rings. The van der Waals surface area contributed by atoms with E-state index in [-0.39, 0.29) is 11.4 Å². The van der Waals surface area contributed by atoms with Crippen molar-refractivity contribution >= 4 is 11.1 Å². The molecule has 2 aromatic carbocycles. The predicted molar refractivity (Wildman–Crippen MR) is 122 cm³/mol. The zero-order chi connectivity index (χ0) is 21.3. The first kappa shape index (κ1) is 20.5. The number of fused-ring (bicyclic) bond motifs is 2. The summed E-state index contributed by atoms with van der Waals surface area (Å²) in [5.41, 5.74) is 4.12. The van der Waals surface area contributed by atoms with Gasteiger partial charge in [0, 0.05) is 19.0 Å². The van der Waals surface area contributed by atoms with Crippen LogP contribution < -0.4 is 5.76 Å². The molecule has 3 aromatic rings. The van der Waals surface area contributed by atoms with Crippen LogP contribution in [0, 0.1) is 5.92 Å². The van der Waals surface area contributed by atoms with Crippen LogP contribution in [0.1, 0.15) is 50.2 Å². The highest BCUT2D eigenvalue weighted by atomic mass is 16.5. The van der Waals surface area contributed by atoms with Gasteiger partial charge in [-0.2, -0.15) is 0 Å². The number of hydrogen-bond donors (Lipinski definition) is 0. The number of nitrogens with zero attached hydrogens (tertiary/aromatic N) is 2. The summed E-state index contributed by atoms with van der Waals surface area (Å²) in [6.45, 7) is 7.04. The van der Waals surface area contributed by atoms with Gasteiger partial charge in [0.1, 0.15) is 0 Å². The van der Waals surface area contributed by atoms with Crippen LogP contribution in [0.3, 0.4) is 0 Å². The summed E-state index contributed by atoms with van der Waals surface area (Å²) in [7, 11) is 0. The maximum absolute atomic E-state index is 12.2. The van der Waals surface area contributed by atoms with E-state index in [4.69, 9.17) is 9.15 Å². The summed E-state index contributed by atoms with van der Waals surface area (Å²) in [4.78, 5) is 14.8. The van der Waals surface area contributed by atoms with Crippen molar-refractivity contribution in [2.45, 2.75) is 57.8 Å². The molecule has 0 spiro atoms. The molecule has 164 valence electrons. The molecule has 0 radical (unpaired) electrons. The quantitative estimate of drug-likeness (QED) is 0.531. The van der Waals surface area contributed by atoms with Gasteiger partial charge in [-0.15, -0.1) is 0 Å². The first-order valence-electron chi connectivity index (χ1n) is 11.7. The van der Waals surface area contributed by atoms with Gasteiger partial charge >= 0.3 is 5.76 Å². The van der Waals surface area contributed by atoms with E-state index >= 15 is 0 Å². The van der Waals surface area contributed by atoms with Crippen molar-refractivity contribution in [2.24, 2.45) is 5.92 Å². The maximum atomic E-state index is 12.2. The number of aryl methyl sites for hydroxylation is 1. The molecule has 31 heavy (non-hydrogen) atoms. The summed E-state index contributed by atoms with van der Waals surface area (Å²) >= 11 is 0. The number of likely N-dealkylation sites (tertiary alicyclic amines) is 1. The van der Waals surface area contributed by atoms with Crippen LogP contribution >= 0.6 is 0 Å². The molecule has 1 aromatic heterocycles. The molecule has 5 rings (SSSR count). The van der Waals surface area contributed by atoms with E-state index in [0.29, 0.717) is 18.0 Å². The Morgan fingerprint density at radius 3 is 2.77 bits per heavy atom. The zero-order valence-electron chi connectivity index (χ0n) is 18.4. The Hall–Kier alpha value is -2.37. The number of para-hydroxylation sites is 2. The summed E-state index contributed by atoms with van der Waals surface area (Å²) in [5.74, 6) is 0.264. The zero-order valence-corrected chi connectivity index (χ0v) is 18.4. The van der Waals surface area contributed by atoms with E-state index in [1.807, 2.05) is 24.3 Å². The van der Waals surface area contributed by atoms with Gasteiger partial charge in [-0.25, -0.2) is 4.79 Å². The number of aromatic nitrogens is 1. The second-order valence-corrected chi connectivity index (χ2v) is 9.24. The third-order valence-corrected chi connectivity index (χ3v) is 7.29. The molecule has 2 aliphatic rings. The smallest absolute Gasteiger partial charge is 0.408 e. The number of hydrogen-bond acceptors (Lipinski definition) is 4. The molecule has 1 saturated heterocycles. The van der Waals surface area contributed by atoms with Crippen molar-refractivity contribution in [1.82, 2.24) is 9.47 Å². The normalized spacial score (nSPS) is 24.4. The van der Waals surface area contributed by atoms with Crippen LogP contribution in [0.4, 0.5) is 0 Å². The Balaban J connectivity index is 1.20. The monoisotopic (exact) mass is 420 g/mol. The fourth-order valence-corrected chi connectivity index (χ4v) is 5.48. The minimum atomic E-state index is -0.249. The minimum Gasteiger partial charge on any atom is -0.408 e. The summed E-state index contributed by atoms with van der Waals surface area (Å²) in [5, 5.41) is 0. The third-order valence-electron chi connectivity index (χ3n) is 7.29. The number of rotatable bonds is 6. The van der Waals surface area contributed by atoms with E-state index in [0.717, 1.165) is 44.6 Å². The average molecular weight is 421 g/mol. The molecule has 2 atom stereocenters. The Bertz CT molecular complexity index is 1100. The van der Waals surface area contributed by atoms with E-state index in [1.165, 1.54) is 30.4 Å². The lowest BCUT2D eigenvalue weighted by Crippen LogP contribution is -2.40. The van der Waals surface area contributed by atoms with Crippen LogP contribution in [0.15, 0.2) is 57.7 Å². The van der Waals surface area contributed by atoms with E-state index in [9.17, 15) is 4.79 Å². The van der Waals surface area contributed by atoms with Gasteiger partial charge in [0.25, 0.3) is 0 Å². The molecular formula is C26H32N2O3. The van der Waals surface area contributed by atoms with Crippen molar-refractivity contribution in [1.29, 1.82) is 0 Å². The number of oxazole rings is 1. The largest absolute Gasteiger partial charge is 0.419 e. The molecule has 0 aliphatic carbocycles. The number of ether oxygens (including phenoxy) is 1. The molecule has 2 aliphatic heterocycles. The maximum Gasteiger partial charge on any atom is 0.419 e. The van der Waals surface area contributed by atoms with Crippen LogP contribution in [-0.2, 0) is 23.5 Å². The minimum absolute atomic E-state index is 0.178. The standard InChI is InChI=1S/C26H32N2O3/c1-26(22-12-3-2-10-20(22)19-30-26)21-11-6-7-15-27(18-21)16-8-9-17-28-23-13-4-5-14-24(23)31-25(28)29/h2-5,10,12-14,21H,6-9,11,15-19H2,1H3/t21?,26-/m0/s1. The first-order chi connectivity index (χ1) is 15.1. The van der Waals surface area contributed by atoms with E-state index in [2.05, 4.69) is 36.1 Å². The lowest BCUT2D eigenvalue weighted by atomic mass is 9.80. The summed E-state index contributed by atoms with van der Waals surface area (Å²) < 4.78 is 13.5. The molecule has 0 saturated carbocycles. The Labute approximate surface area is 183 Å². The molecule has 0 N–H and O–H groups in total. The SMILES string of the molecule is C[C@@]1(C2CCCCN(CCCCn3c(=O)oc4ccccc43)C2)OCc2ccccc21. The lowest BCUT2D eigenvalue weighted by Gasteiger charge is -2.36. The van der Waals surface area contributed by atoms with Gasteiger partial charge in [0.15, 0.2) is 5.58 Å². The van der Waals surface area contributed by atoms with Gasteiger partial charge in [-0.05, 0) is 69.0 Å². The molecule has 5 nitrogen and oxygen atoms in total. The van der Waals surface area contributed by atoms with Crippen LogP contribution in [0.25, 0.3) is 11.1 Å². The number of unbranched alkanes of at least 4 members (excludes halogenated alkanes) is 1. The van der Waals surface area contributed by atoms with Crippen LogP contribution in [-0.4, -0.2) is 29.1 Å². The molecule has 3 heterocycles. The third kappa shape index (κ3) is 3.97. The highest BCUT2D eigenvalue weighted by molar-refractivity contribution is 5.72. The Morgan fingerprint density at radius 2 is 1.84 bits per heavy atom. The van der Waals surface area contributed by atoms with Crippen molar-refractivity contribution in [3.63, 3.8) is 0 Å². The Kier molecular flexibility index (Phi) is 5.72.